The summed E-state index contributed by atoms with van der Waals surface area (Å²) in [7, 11) is 2.08. The van der Waals surface area contributed by atoms with Gasteiger partial charge in [0.15, 0.2) is 0 Å². The van der Waals surface area contributed by atoms with Crippen LogP contribution in [-0.2, 0) is 29.1 Å². The fourth-order valence-electron chi connectivity index (χ4n) is 5.56. The molecule has 5 rings (SSSR count). The molecule has 3 aromatic rings. The third-order valence-electron chi connectivity index (χ3n) is 8.07. The molecule has 0 aliphatic carbocycles. The number of aromatic nitrogens is 2. The van der Waals surface area contributed by atoms with E-state index < -0.39 is 0 Å². The van der Waals surface area contributed by atoms with Crippen molar-refractivity contribution in [3.8, 4) is 5.75 Å². The fraction of sp³-hybridized carbons (Fsp3) is 0.394. The molecule has 1 aromatic carbocycles. The van der Waals surface area contributed by atoms with Crippen LogP contribution in [0.3, 0.4) is 0 Å². The number of hydrogen-bond donors (Lipinski definition) is 2. The Kier molecular flexibility index (Phi) is 10.2. The van der Waals surface area contributed by atoms with Gasteiger partial charge >= 0.3 is 0 Å². The zero-order chi connectivity index (χ0) is 29.1. The van der Waals surface area contributed by atoms with Crippen molar-refractivity contribution in [3.05, 3.63) is 96.1 Å². The summed E-state index contributed by atoms with van der Waals surface area (Å²) < 4.78 is 6.20. The Bertz CT molecular complexity index is 1350. The SMILES string of the molecule is CN(CCc1ccccn1)c1ccc2c(c1)CNCC(=O)N1CC[C@@H](CC(=O)NCc3ccncc3)[C@@H](/C=C/CO2)C1. The molecule has 0 spiro atoms. The summed E-state index contributed by atoms with van der Waals surface area (Å²) in [5.41, 5.74) is 4.19. The van der Waals surface area contributed by atoms with Crippen LogP contribution in [0.15, 0.2) is 79.3 Å². The Morgan fingerprint density at radius 2 is 2.02 bits per heavy atom. The summed E-state index contributed by atoms with van der Waals surface area (Å²) >= 11 is 0. The van der Waals surface area contributed by atoms with Crippen molar-refractivity contribution < 1.29 is 14.3 Å². The van der Waals surface area contributed by atoms with Gasteiger partial charge in [-0.2, -0.15) is 0 Å². The molecule has 42 heavy (non-hydrogen) atoms. The van der Waals surface area contributed by atoms with Crippen LogP contribution in [0, 0.1) is 11.8 Å². The van der Waals surface area contributed by atoms with Crippen LogP contribution >= 0.6 is 0 Å². The van der Waals surface area contributed by atoms with Gasteiger partial charge in [0, 0.05) is 88.1 Å². The second-order valence-electron chi connectivity index (χ2n) is 11.0. The number of likely N-dealkylation sites (N-methyl/N-ethyl adjacent to an activating group) is 1. The molecule has 2 aliphatic rings. The zero-order valence-corrected chi connectivity index (χ0v) is 24.2. The van der Waals surface area contributed by atoms with Gasteiger partial charge in [-0.15, -0.1) is 0 Å². The lowest BCUT2D eigenvalue weighted by Crippen LogP contribution is -2.47. The van der Waals surface area contributed by atoms with Crippen molar-refractivity contribution in [2.45, 2.75) is 32.4 Å². The highest BCUT2D eigenvalue weighted by atomic mass is 16.5. The Morgan fingerprint density at radius 1 is 1.14 bits per heavy atom. The largest absolute Gasteiger partial charge is 0.489 e. The van der Waals surface area contributed by atoms with Crippen LogP contribution < -0.4 is 20.3 Å². The summed E-state index contributed by atoms with van der Waals surface area (Å²) in [5.74, 6) is 1.17. The number of benzene rings is 1. The Hall–Kier alpha value is -4.24. The molecular weight excluding hydrogens is 528 g/mol. The van der Waals surface area contributed by atoms with E-state index in [0.717, 1.165) is 47.6 Å². The molecule has 2 atom stereocenters. The summed E-state index contributed by atoms with van der Waals surface area (Å²) in [6, 6.07) is 16.0. The zero-order valence-electron chi connectivity index (χ0n) is 24.2. The molecule has 2 amide bonds. The first-order valence-electron chi connectivity index (χ1n) is 14.7. The number of pyridine rings is 2. The molecule has 2 aliphatic heterocycles. The molecule has 0 saturated carbocycles. The quantitative estimate of drug-likeness (QED) is 0.402. The number of carbonyl (C=O) groups is 2. The van der Waals surface area contributed by atoms with E-state index in [1.54, 1.807) is 12.4 Å². The lowest BCUT2D eigenvalue weighted by atomic mass is 9.82. The average molecular weight is 569 g/mol. The van der Waals surface area contributed by atoms with Crippen LogP contribution in [0.2, 0.25) is 0 Å². The topological polar surface area (TPSA) is 99.7 Å². The van der Waals surface area contributed by atoms with Crippen LogP contribution in [-0.4, -0.2) is 66.5 Å². The molecular formula is C33H40N6O3. The molecule has 4 heterocycles. The first kappa shape index (κ1) is 29.3. The first-order chi connectivity index (χ1) is 20.5. The minimum Gasteiger partial charge on any atom is -0.489 e. The number of carbonyl (C=O) groups excluding carboxylic acids is 2. The predicted molar refractivity (Wildman–Crippen MR) is 163 cm³/mol. The van der Waals surface area contributed by atoms with Gasteiger partial charge in [0.2, 0.25) is 11.8 Å². The summed E-state index contributed by atoms with van der Waals surface area (Å²) in [6.45, 7) is 3.80. The third kappa shape index (κ3) is 8.16. The highest BCUT2D eigenvalue weighted by Crippen LogP contribution is 2.29. The standard InChI is InChI=1S/C33H40N6O3/c1-38(16-12-29-6-2-3-13-36-29)30-7-8-31-28(19-30)22-35-23-33(41)39-17-11-26(27(24-39)5-4-18-42-31)20-32(40)37-21-25-9-14-34-15-10-25/h2-10,13-15,19,26-27,35H,11-12,16-18,20-24H2,1H3,(H,37,40)/b5-4+/t26-,27-/m0/s1. The van der Waals surface area contributed by atoms with Crippen molar-refractivity contribution in [2.75, 3.05) is 44.7 Å². The van der Waals surface area contributed by atoms with Crippen LogP contribution in [0.5, 0.6) is 5.75 Å². The number of rotatable bonds is 8. The lowest BCUT2D eigenvalue weighted by molar-refractivity contribution is -0.132. The van der Waals surface area contributed by atoms with E-state index in [9.17, 15) is 9.59 Å². The Morgan fingerprint density at radius 3 is 2.86 bits per heavy atom. The normalized spacial score (nSPS) is 19.7. The number of nitrogens with zero attached hydrogens (tertiary/aromatic N) is 4. The predicted octanol–water partition coefficient (Wildman–Crippen LogP) is 3.36. The molecule has 9 heteroatoms. The van der Waals surface area contributed by atoms with E-state index in [1.165, 1.54) is 0 Å². The number of hydrogen-bond acceptors (Lipinski definition) is 7. The number of nitrogens with one attached hydrogen (secondary N) is 2. The fourth-order valence-corrected chi connectivity index (χ4v) is 5.56. The summed E-state index contributed by atoms with van der Waals surface area (Å²) in [6.07, 6.45) is 11.5. The average Bonchev–Trinajstić information content (AvgIpc) is 3.03. The van der Waals surface area contributed by atoms with Crippen LogP contribution in [0.4, 0.5) is 5.69 Å². The minimum atomic E-state index is 0.0283. The number of fused-ring (bicyclic) bond motifs is 3. The lowest BCUT2D eigenvalue weighted by Gasteiger charge is -2.37. The molecule has 220 valence electrons. The van der Waals surface area contributed by atoms with Crippen molar-refractivity contribution in [2.24, 2.45) is 11.8 Å². The van der Waals surface area contributed by atoms with Gasteiger partial charge in [-0.3, -0.25) is 19.6 Å². The van der Waals surface area contributed by atoms with Crippen molar-refractivity contribution in [1.82, 2.24) is 25.5 Å². The third-order valence-corrected chi connectivity index (χ3v) is 8.07. The maximum Gasteiger partial charge on any atom is 0.236 e. The molecule has 0 radical (unpaired) electrons. The highest BCUT2D eigenvalue weighted by molar-refractivity contribution is 5.79. The molecule has 2 bridgehead atoms. The molecule has 1 saturated heterocycles. The van der Waals surface area contributed by atoms with E-state index in [2.05, 4.69) is 50.8 Å². The molecule has 2 aromatic heterocycles. The van der Waals surface area contributed by atoms with E-state index in [4.69, 9.17) is 4.74 Å². The molecule has 0 unspecified atom stereocenters. The number of amides is 2. The monoisotopic (exact) mass is 568 g/mol. The van der Waals surface area contributed by atoms with Gasteiger partial charge in [-0.25, -0.2) is 0 Å². The first-order valence-corrected chi connectivity index (χ1v) is 14.7. The molecule has 1 fully saturated rings. The maximum atomic E-state index is 13.1. The van der Waals surface area contributed by atoms with Crippen molar-refractivity contribution in [3.63, 3.8) is 0 Å². The van der Waals surface area contributed by atoms with E-state index in [-0.39, 0.29) is 30.2 Å². The second kappa shape index (κ2) is 14.6. The number of piperidine rings is 1. The number of ether oxygens (including phenoxy) is 1. The Labute approximate surface area is 248 Å². The second-order valence-corrected chi connectivity index (χ2v) is 11.0. The van der Waals surface area contributed by atoms with Gasteiger partial charge in [0.25, 0.3) is 0 Å². The van der Waals surface area contributed by atoms with Crippen LogP contribution in [0.1, 0.15) is 29.7 Å². The van der Waals surface area contributed by atoms with Crippen molar-refractivity contribution in [1.29, 1.82) is 0 Å². The smallest absolute Gasteiger partial charge is 0.236 e. The van der Waals surface area contributed by atoms with Gasteiger partial charge in [-0.05, 0) is 66.3 Å². The summed E-state index contributed by atoms with van der Waals surface area (Å²) in [5, 5.41) is 6.38. The van der Waals surface area contributed by atoms with Crippen molar-refractivity contribution >= 4 is 17.5 Å². The minimum absolute atomic E-state index is 0.0283. The van der Waals surface area contributed by atoms with E-state index in [0.29, 0.717) is 39.2 Å². The van der Waals surface area contributed by atoms with Crippen LogP contribution in [0.25, 0.3) is 0 Å². The van der Waals surface area contributed by atoms with Gasteiger partial charge in [0.05, 0.1) is 6.54 Å². The number of anilines is 1. The molecule has 9 nitrogen and oxygen atoms in total. The van der Waals surface area contributed by atoms with Gasteiger partial charge < -0.3 is 25.2 Å². The highest BCUT2D eigenvalue weighted by Gasteiger charge is 2.31. The van der Waals surface area contributed by atoms with E-state index in [1.807, 2.05) is 53.6 Å². The van der Waals surface area contributed by atoms with Gasteiger partial charge in [0.1, 0.15) is 12.4 Å². The Balaban J connectivity index is 1.22. The van der Waals surface area contributed by atoms with Gasteiger partial charge in [-0.1, -0.05) is 18.2 Å². The molecule has 2 N–H and O–H groups in total. The maximum absolute atomic E-state index is 13.1. The summed E-state index contributed by atoms with van der Waals surface area (Å²) in [4.78, 5) is 38.5. The van der Waals surface area contributed by atoms with E-state index >= 15 is 0 Å².